The number of hydrogen-bond donors (Lipinski definition) is 1. The highest BCUT2D eigenvalue weighted by Crippen LogP contribution is 2.14. The van der Waals surface area contributed by atoms with Crippen LogP contribution in [0.3, 0.4) is 0 Å². The average molecular weight is 254 g/mol. The predicted molar refractivity (Wildman–Crippen MR) is 64.2 cm³/mol. The SMILES string of the molecule is CCCCN(/N=C/c1ccc([N+](=O)[O-])o1)C(N)=O. The van der Waals surface area contributed by atoms with Crippen LogP contribution in [0, 0.1) is 10.1 Å². The Morgan fingerprint density at radius 3 is 2.89 bits per heavy atom. The van der Waals surface area contributed by atoms with E-state index in [-0.39, 0.29) is 11.6 Å². The molecule has 0 saturated heterocycles. The number of hydrazone groups is 1. The zero-order chi connectivity index (χ0) is 13.5. The Labute approximate surface area is 103 Å². The van der Waals surface area contributed by atoms with Crippen molar-refractivity contribution in [3.05, 3.63) is 28.0 Å². The van der Waals surface area contributed by atoms with E-state index in [0.29, 0.717) is 6.54 Å². The van der Waals surface area contributed by atoms with Crippen molar-refractivity contribution in [2.75, 3.05) is 6.54 Å². The molecule has 0 atom stereocenters. The minimum Gasteiger partial charge on any atom is -0.400 e. The zero-order valence-electron chi connectivity index (χ0n) is 9.91. The largest absolute Gasteiger partial charge is 0.433 e. The first-order valence-electron chi connectivity index (χ1n) is 5.39. The fraction of sp³-hybridized carbons (Fsp3) is 0.400. The standard InChI is InChI=1S/C10H14N4O4/c1-2-3-6-13(10(11)15)12-7-8-4-5-9(18-8)14(16)17/h4-5,7H,2-3,6H2,1H3,(H2,11,15)/b12-7+. The molecule has 0 aliphatic heterocycles. The molecule has 2 amide bonds. The van der Waals surface area contributed by atoms with Gasteiger partial charge in [-0.15, -0.1) is 0 Å². The van der Waals surface area contributed by atoms with Crippen LogP contribution in [-0.4, -0.2) is 28.7 Å². The molecule has 0 radical (unpaired) electrons. The number of primary amides is 1. The molecular weight excluding hydrogens is 240 g/mol. The van der Waals surface area contributed by atoms with Gasteiger partial charge in [0.1, 0.15) is 4.92 Å². The number of nitro groups is 1. The summed E-state index contributed by atoms with van der Waals surface area (Å²) in [5.41, 5.74) is 5.13. The van der Waals surface area contributed by atoms with Gasteiger partial charge in [-0.05, 0) is 12.5 Å². The first-order valence-corrected chi connectivity index (χ1v) is 5.39. The van der Waals surface area contributed by atoms with Crippen molar-refractivity contribution < 1.29 is 14.1 Å². The van der Waals surface area contributed by atoms with Gasteiger partial charge in [0.15, 0.2) is 5.76 Å². The highest BCUT2D eigenvalue weighted by Gasteiger charge is 2.11. The first kappa shape index (κ1) is 13.7. The molecule has 1 rings (SSSR count). The molecule has 0 unspecified atom stereocenters. The van der Waals surface area contributed by atoms with Gasteiger partial charge in [-0.1, -0.05) is 13.3 Å². The van der Waals surface area contributed by atoms with Crippen molar-refractivity contribution in [2.24, 2.45) is 10.8 Å². The Kier molecular flexibility index (Phi) is 4.85. The zero-order valence-corrected chi connectivity index (χ0v) is 9.91. The number of amides is 2. The van der Waals surface area contributed by atoms with Crippen LogP contribution in [0.1, 0.15) is 25.5 Å². The van der Waals surface area contributed by atoms with Gasteiger partial charge in [-0.2, -0.15) is 5.10 Å². The summed E-state index contributed by atoms with van der Waals surface area (Å²) in [5, 5.41) is 15.3. The summed E-state index contributed by atoms with van der Waals surface area (Å²) >= 11 is 0. The molecule has 8 nitrogen and oxygen atoms in total. The Morgan fingerprint density at radius 1 is 1.67 bits per heavy atom. The van der Waals surface area contributed by atoms with E-state index in [1.807, 2.05) is 6.92 Å². The predicted octanol–water partition coefficient (Wildman–Crippen LogP) is 1.70. The van der Waals surface area contributed by atoms with E-state index >= 15 is 0 Å². The third-order valence-corrected chi connectivity index (χ3v) is 2.09. The maximum atomic E-state index is 11.0. The Bertz CT molecular complexity index is 454. The van der Waals surface area contributed by atoms with Gasteiger partial charge in [-0.25, -0.2) is 9.80 Å². The lowest BCUT2D eigenvalue weighted by molar-refractivity contribution is -0.402. The van der Waals surface area contributed by atoms with E-state index in [1.165, 1.54) is 18.3 Å². The minimum atomic E-state index is -0.680. The Hall–Kier alpha value is -2.38. The van der Waals surface area contributed by atoms with Crippen molar-refractivity contribution in [2.45, 2.75) is 19.8 Å². The highest BCUT2D eigenvalue weighted by molar-refractivity contribution is 5.79. The van der Waals surface area contributed by atoms with Gasteiger partial charge in [-0.3, -0.25) is 10.1 Å². The van der Waals surface area contributed by atoms with Crippen LogP contribution in [-0.2, 0) is 0 Å². The van der Waals surface area contributed by atoms with Crippen molar-refractivity contribution in [1.82, 2.24) is 5.01 Å². The van der Waals surface area contributed by atoms with E-state index in [1.54, 1.807) is 0 Å². The van der Waals surface area contributed by atoms with Crippen LogP contribution in [0.15, 0.2) is 21.7 Å². The summed E-state index contributed by atoms with van der Waals surface area (Å²) in [4.78, 5) is 20.8. The third kappa shape index (κ3) is 3.89. The highest BCUT2D eigenvalue weighted by atomic mass is 16.6. The molecule has 98 valence electrons. The monoisotopic (exact) mass is 254 g/mol. The number of nitrogens with two attached hydrogens (primary N) is 1. The van der Waals surface area contributed by atoms with Crippen molar-refractivity contribution in [3.8, 4) is 0 Å². The molecule has 0 aromatic carbocycles. The summed E-state index contributed by atoms with van der Waals surface area (Å²) < 4.78 is 4.85. The molecule has 1 aromatic heterocycles. The normalized spacial score (nSPS) is 10.7. The van der Waals surface area contributed by atoms with Crippen LogP contribution in [0.25, 0.3) is 0 Å². The molecule has 8 heteroatoms. The van der Waals surface area contributed by atoms with Crippen molar-refractivity contribution >= 4 is 18.1 Å². The van der Waals surface area contributed by atoms with Crippen LogP contribution in [0.5, 0.6) is 0 Å². The van der Waals surface area contributed by atoms with E-state index in [2.05, 4.69) is 5.10 Å². The molecule has 1 aromatic rings. The smallest absolute Gasteiger partial charge is 0.400 e. The molecule has 1 heterocycles. The Morgan fingerprint density at radius 2 is 2.39 bits per heavy atom. The lowest BCUT2D eigenvalue weighted by Gasteiger charge is -2.12. The maximum absolute atomic E-state index is 11.0. The van der Waals surface area contributed by atoms with E-state index in [4.69, 9.17) is 10.2 Å². The molecule has 0 aliphatic carbocycles. The second-order valence-corrected chi connectivity index (χ2v) is 3.49. The minimum absolute atomic E-state index is 0.185. The molecule has 0 aliphatic rings. The van der Waals surface area contributed by atoms with Gasteiger partial charge in [0, 0.05) is 6.54 Å². The molecule has 18 heavy (non-hydrogen) atoms. The van der Waals surface area contributed by atoms with Crippen molar-refractivity contribution in [1.29, 1.82) is 0 Å². The molecule has 0 bridgehead atoms. The fourth-order valence-electron chi connectivity index (χ4n) is 1.17. The average Bonchev–Trinajstić information content (AvgIpc) is 2.77. The molecule has 0 saturated carbocycles. The van der Waals surface area contributed by atoms with Gasteiger partial charge in [0.2, 0.25) is 0 Å². The van der Waals surface area contributed by atoms with Gasteiger partial charge in [0.05, 0.1) is 12.3 Å². The number of urea groups is 1. The summed E-state index contributed by atoms with van der Waals surface area (Å²) in [6, 6.07) is 1.92. The van der Waals surface area contributed by atoms with Gasteiger partial charge >= 0.3 is 11.9 Å². The summed E-state index contributed by atoms with van der Waals surface area (Å²) in [6.07, 6.45) is 2.87. The number of carbonyl (C=O) groups excluding carboxylic acids is 1. The van der Waals surface area contributed by atoms with E-state index in [0.717, 1.165) is 17.9 Å². The van der Waals surface area contributed by atoms with E-state index < -0.39 is 11.0 Å². The maximum Gasteiger partial charge on any atom is 0.433 e. The summed E-state index contributed by atoms with van der Waals surface area (Å²) in [6.45, 7) is 2.36. The fourth-order valence-corrected chi connectivity index (χ4v) is 1.17. The number of nitrogens with zero attached hydrogens (tertiary/aromatic N) is 3. The second kappa shape index (κ2) is 6.38. The Balaban J connectivity index is 2.69. The molecule has 0 spiro atoms. The number of hydrogen-bond acceptors (Lipinski definition) is 5. The first-order chi connectivity index (χ1) is 8.54. The number of rotatable bonds is 6. The van der Waals surface area contributed by atoms with Crippen molar-refractivity contribution in [3.63, 3.8) is 0 Å². The lowest BCUT2D eigenvalue weighted by atomic mass is 10.3. The molecular formula is C10H14N4O4. The van der Waals surface area contributed by atoms with Gasteiger partial charge in [0.25, 0.3) is 0 Å². The van der Waals surface area contributed by atoms with Crippen LogP contribution >= 0.6 is 0 Å². The number of furan rings is 1. The van der Waals surface area contributed by atoms with E-state index in [9.17, 15) is 14.9 Å². The van der Waals surface area contributed by atoms with Crippen LogP contribution in [0.2, 0.25) is 0 Å². The van der Waals surface area contributed by atoms with Crippen LogP contribution in [0.4, 0.5) is 10.7 Å². The number of carbonyl (C=O) groups is 1. The number of unbranched alkanes of at least 4 members (excludes halogenated alkanes) is 1. The third-order valence-electron chi connectivity index (χ3n) is 2.09. The summed E-state index contributed by atoms with van der Waals surface area (Å²) in [5.74, 6) is -0.194. The second-order valence-electron chi connectivity index (χ2n) is 3.49. The molecule has 2 N–H and O–H groups in total. The van der Waals surface area contributed by atoms with Crippen LogP contribution < -0.4 is 5.73 Å². The lowest BCUT2D eigenvalue weighted by Crippen LogP contribution is -2.32. The topological polar surface area (TPSA) is 115 Å². The summed E-state index contributed by atoms with van der Waals surface area (Å²) in [7, 11) is 0. The quantitative estimate of drug-likeness (QED) is 0.472. The molecule has 0 fully saturated rings. The van der Waals surface area contributed by atoms with Gasteiger partial charge < -0.3 is 10.2 Å².